The highest BCUT2D eigenvalue weighted by Gasteiger charge is 2.21. The number of nitrogens with one attached hydrogen (secondary N) is 2. The van der Waals surface area contributed by atoms with Gasteiger partial charge in [0.25, 0.3) is 5.91 Å². The van der Waals surface area contributed by atoms with Crippen LogP contribution in [-0.4, -0.2) is 43.5 Å². The van der Waals surface area contributed by atoms with Crippen molar-refractivity contribution in [1.29, 1.82) is 0 Å². The number of benzene rings is 2. The molecule has 0 aliphatic carbocycles. The molecule has 0 aromatic heterocycles. The molecule has 1 unspecified atom stereocenters. The lowest BCUT2D eigenvalue weighted by molar-refractivity contribution is -0.145. The Morgan fingerprint density at radius 3 is 2.26 bits per heavy atom. The van der Waals surface area contributed by atoms with E-state index in [9.17, 15) is 14.4 Å². The molecule has 0 radical (unpaired) electrons. The summed E-state index contributed by atoms with van der Waals surface area (Å²) in [7, 11) is 0. The molecule has 12 nitrogen and oxygen atoms in total. The first-order valence-corrected chi connectivity index (χ1v) is 10.8. The molecule has 0 saturated heterocycles. The number of carbonyl (C=O) groups is 3. The van der Waals surface area contributed by atoms with Crippen molar-refractivity contribution in [2.45, 2.75) is 26.3 Å². The van der Waals surface area contributed by atoms with E-state index < -0.39 is 23.8 Å². The van der Waals surface area contributed by atoms with Crippen LogP contribution >= 0.6 is 0 Å². The molecule has 35 heavy (non-hydrogen) atoms. The van der Waals surface area contributed by atoms with Gasteiger partial charge in [0, 0.05) is 14.5 Å². The third kappa shape index (κ3) is 8.85. The lowest BCUT2D eigenvalue weighted by Crippen LogP contribution is -2.39. The topological polar surface area (TPSA) is 193 Å². The van der Waals surface area contributed by atoms with E-state index in [0.717, 1.165) is 0 Å². The monoisotopic (exact) mass is 490 g/mol. The van der Waals surface area contributed by atoms with Crippen LogP contribution in [0.2, 0.25) is 0 Å². The molecule has 2 amide bonds. The van der Waals surface area contributed by atoms with Gasteiger partial charge in [0.15, 0.2) is 5.96 Å². The normalized spacial score (nSPS) is 11.1. The van der Waals surface area contributed by atoms with Crippen molar-refractivity contribution in [3.05, 3.63) is 53.6 Å². The fourth-order valence-electron chi connectivity index (χ4n) is 3.14. The number of amides is 2. The molecular weight excluding hydrogens is 456 g/mol. The van der Waals surface area contributed by atoms with Gasteiger partial charge >= 0.3 is 5.97 Å². The number of ether oxygens (including phenoxy) is 2. The maximum absolute atomic E-state index is 12.6. The van der Waals surface area contributed by atoms with E-state index in [2.05, 4.69) is 20.5 Å². The molecule has 2 rings (SSSR count). The molecule has 0 aliphatic heterocycles. The number of carbonyl (C=O) groups excluding carboxylic acids is 3. The lowest BCUT2D eigenvalue weighted by Gasteiger charge is -2.20. The summed E-state index contributed by atoms with van der Waals surface area (Å²) in [6, 6.07) is 10.5. The summed E-state index contributed by atoms with van der Waals surface area (Å²) in [5.74, 6) is 4.05. The second-order valence-corrected chi connectivity index (χ2v) is 7.19. The number of aliphatic imine (C=N–C) groups is 1. The average molecular weight is 491 g/mol. The van der Waals surface area contributed by atoms with Gasteiger partial charge in [0.1, 0.15) is 11.5 Å². The van der Waals surface area contributed by atoms with Crippen LogP contribution in [0.1, 0.15) is 45.1 Å². The van der Waals surface area contributed by atoms with Crippen LogP contribution < -0.4 is 37.5 Å². The molecule has 8 N–H and O–H groups in total. The largest absolute Gasteiger partial charge is 0.494 e. The number of guanidine groups is 1. The minimum atomic E-state index is -0.819. The summed E-state index contributed by atoms with van der Waals surface area (Å²) in [4.78, 5) is 45.2. The minimum absolute atomic E-state index is 0. The number of nitrogens with zero attached hydrogens (tertiary/aromatic N) is 1. The second kappa shape index (κ2) is 13.4. The van der Waals surface area contributed by atoms with Crippen LogP contribution in [0, 0.1) is 0 Å². The Hall–Kier alpha value is -4.32. The molecule has 0 bridgehead atoms. The van der Waals surface area contributed by atoms with Crippen LogP contribution in [0.15, 0.2) is 47.5 Å². The Labute approximate surface area is 205 Å². The fourth-order valence-corrected chi connectivity index (χ4v) is 3.14. The van der Waals surface area contributed by atoms with Crippen LogP contribution in [0.4, 0.5) is 5.69 Å². The van der Waals surface area contributed by atoms with E-state index in [0.29, 0.717) is 36.0 Å². The van der Waals surface area contributed by atoms with Crippen molar-refractivity contribution in [2.24, 2.45) is 22.4 Å². The molecule has 192 valence electrons. The number of hydrogen-bond acceptors (Lipinski definition) is 8. The van der Waals surface area contributed by atoms with Gasteiger partial charge in [-0.3, -0.25) is 14.4 Å². The zero-order valence-corrected chi connectivity index (χ0v) is 19.6. The first kappa shape index (κ1) is 26.9. The average Bonchev–Trinajstić information content (AvgIpc) is 2.82. The third-order valence-corrected chi connectivity index (χ3v) is 4.54. The predicted molar refractivity (Wildman–Crippen MR) is 133 cm³/mol. The molecule has 12 heteroatoms. The summed E-state index contributed by atoms with van der Waals surface area (Å²) < 4.78 is 11.1. The van der Waals surface area contributed by atoms with Gasteiger partial charge in [-0.15, -0.1) is 0 Å². The minimum Gasteiger partial charge on any atom is -0.494 e. The van der Waals surface area contributed by atoms with E-state index in [-0.39, 0.29) is 27.3 Å². The third-order valence-electron chi connectivity index (χ3n) is 4.54. The molecule has 2 aromatic carbocycles. The summed E-state index contributed by atoms with van der Waals surface area (Å²) in [6.45, 7) is 4.12. The standard InChI is InChI=1S/C23H30N6O6.2H2/c1-3-33-17-9-15(10-18(11-17)34-4-2)19(12-21(31)35-26)29-20(30)13-27-22(32)14-6-5-7-16(8-14)28-23(24)25;;/h5-11,19H,3-4,12-13,26H2,1-2H3,(H,27,32)(H,29,30)(H4,24,25,28);2*1H. The van der Waals surface area contributed by atoms with E-state index in [1.54, 1.807) is 36.4 Å². The predicted octanol–water partition coefficient (Wildman–Crippen LogP) is 1.28. The van der Waals surface area contributed by atoms with Gasteiger partial charge in [0.05, 0.1) is 37.9 Å². The van der Waals surface area contributed by atoms with E-state index in [4.69, 9.17) is 26.8 Å². The molecule has 0 spiro atoms. The SMILES string of the molecule is CCOc1cc(OCC)cc(C(CC(=O)ON)NC(=O)CNC(=O)c2cccc(N=C(N)N)c2)c1.[HH].[HH]. The molecular formula is C23H34N6O6. The number of rotatable bonds is 12. The zero-order chi connectivity index (χ0) is 25.8. The van der Waals surface area contributed by atoms with Crippen LogP contribution in [0.5, 0.6) is 11.5 Å². The Kier molecular flexibility index (Phi) is 10.3. The maximum Gasteiger partial charge on any atom is 0.326 e. The molecule has 1 atom stereocenters. The Morgan fingerprint density at radius 2 is 1.69 bits per heavy atom. The quantitative estimate of drug-likeness (QED) is 0.165. The molecule has 0 fully saturated rings. The van der Waals surface area contributed by atoms with Gasteiger partial charge in [-0.2, -0.15) is 5.90 Å². The Morgan fingerprint density at radius 1 is 1.03 bits per heavy atom. The van der Waals surface area contributed by atoms with Crippen molar-refractivity contribution in [2.75, 3.05) is 19.8 Å². The number of nitrogens with two attached hydrogens (primary N) is 3. The Bertz CT molecular complexity index is 1060. The van der Waals surface area contributed by atoms with E-state index >= 15 is 0 Å². The molecule has 0 saturated carbocycles. The van der Waals surface area contributed by atoms with Gasteiger partial charge in [-0.1, -0.05) is 6.07 Å². The van der Waals surface area contributed by atoms with Gasteiger partial charge in [-0.25, -0.2) is 4.99 Å². The second-order valence-electron chi connectivity index (χ2n) is 7.19. The summed E-state index contributed by atoms with van der Waals surface area (Å²) in [5, 5.41) is 5.22. The smallest absolute Gasteiger partial charge is 0.326 e. The molecule has 0 aliphatic rings. The fraction of sp³-hybridized carbons (Fsp3) is 0.304. The summed E-state index contributed by atoms with van der Waals surface area (Å²) in [5.41, 5.74) is 11.9. The Balaban J connectivity index is 0.00000648. The highest BCUT2D eigenvalue weighted by molar-refractivity contribution is 5.97. The number of hydrogen-bond donors (Lipinski definition) is 5. The highest BCUT2D eigenvalue weighted by Crippen LogP contribution is 2.28. The van der Waals surface area contributed by atoms with Gasteiger partial charge < -0.3 is 36.4 Å². The van der Waals surface area contributed by atoms with Gasteiger partial charge in [-0.05, 0) is 49.7 Å². The summed E-state index contributed by atoms with van der Waals surface area (Å²) >= 11 is 0. The maximum atomic E-state index is 12.6. The van der Waals surface area contributed by atoms with Crippen molar-refractivity contribution in [1.82, 2.24) is 10.6 Å². The van der Waals surface area contributed by atoms with Crippen molar-refractivity contribution >= 4 is 29.4 Å². The van der Waals surface area contributed by atoms with E-state index in [1.807, 2.05) is 13.8 Å². The summed E-state index contributed by atoms with van der Waals surface area (Å²) in [6.07, 6.45) is -0.252. The van der Waals surface area contributed by atoms with Crippen LogP contribution in [0.25, 0.3) is 0 Å². The molecule has 0 heterocycles. The van der Waals surface area contributed by atoms with Crippen molar-refractivity contribution in [3.8, 4) is 11.5 Å². The van der Waals surface area contributed by atoms with Crippen molar-refractivity contribution in [3.63, 3.8) is 0 Å². The first-order chi connectivity index (χ1) is 16.7. The first-order valence-electron chi connectivity index (χ1n) is 10.8. The highest BCUT2D eigenvalue weighted by atomic mass is 16.7. The van der Waals surface area contributed by atoms with Gasteiger partial charge in [0.2, 0.25) is 5.91 Å². The van der Waals surface area contributed by atoms with Crippen LogP contribution in [-0.2, 0) is 14.4 Å². The van der Waals surface area contributed by atoms with Crippen molar-refractivity contribution < 1.29 is 31.5 Å². The van der Waals surface area contributed by atoms with Crippen LogP contribution in [0.3, 0.4) is 0 Å². The lowest BCUT2D eigenvalue weighted by atomic mass is 10.0. The van der Waals surface area contributed by atoms with E-state index in [1.165, 1.54) is 6.07 Å². The zero-order valence-electron chi connectivity index (χ0n) is 19.6. The molecule has 2 aromatic rings.